The molecule has 402 valence electrons. The van der Waals surface area contributed by atoms with Crippen LogP contribution < -0.4 is 5.32 Å². The van der Waals surface area contributed by atoms with Crippen LogP contribution in [-0.2, 0) is 39.8 Å². The van der Waals surface area contributed by atoms with Crippen molar-refractivity contribution in [1.82, 2.24) is 10.2 Å². The number of fused-ring (bicyclic) bond motifs is 5. The van der Waals surface area contributed by atoms with Crippen molar-refractivity contribution in [1.29, 1.82) is 0 Å². The van der Waals surface area contributed by atoms with Crippen LogP contribution in [0.2, 0.25) is 0 Å². The maximum atomic E-state index is 16.7. The summed E-state index contributed by atoms with van der Waals surface area (Å²) in [6.45, 7) is 8.30. The molecule has 17 rings (SSSR count). The average Bonchev–Trinajstić information content (AvgIpc) is 2.97. The number of epoxide rings is 1. The van der Waals surface area contributed by atoms with Gasteiger partial charge < -0.3 is 43.6 Å². The average molecular weight is 1030 g/mol. The molecule has 26 atom stereocenters. The molecule has 8 saturated carbocycles. The van der Waals surface area contributed by atoms with E-state index < -0.39 is 80.7 Å². The van der Waals surface area contributed by atoms with Crippen molar-refractivity contribution in [3.8, 4) is 0 Å². The van der Waals surface area contributed by atoms with Crippen molar-refractivity contribution < 1.29 is 53.1 Å². The smallest absolute Gasteiger partial charge is 0.339 e. The molecule has 13 heteroatoms. The Kier molecular flexibility index (Phi) is 9.14. The minimum absolute atomic E-state index is 0.0536. The zero-order chi connectivity index (χ0) is 50.8. The lowest BCUT2D eigenvalue weighted by Crippen LogP contribution is -2.80. The predicted molar refractivity (Wildman–Crippen MR) is 269 cm³/mol. The minimum Gasteiger partial charge on any atom is -0.469 e. The van der Waals surface area contributed by atoms with Gasteiger partial charge in [0, 0.05) is 46.7 Å². The summed E-state index contributed by atoms with van der Waals surface area (Å²) in [5, 5.41) is 39.8. The number of cyclic esters (lactones) is 2. The van der Waals surface area contributed by atoms with Crippen LogP contribution in [0.5, 0.6) is 0 Å². The van der Waals surface area contributed by atoms with E-state index in [0.717, 1.165) is 83.0 Å². The summed E-state index contributed by atoms with van der Waals surface area (Å²) in [5.74, 6) is 0.352. The topological polar surface area (TPSA) is 181 Å². The molecule has 9 aliphatic carbocycles. The van der Waals surface area contributed by atoms with Gasteiger partial charge in [-0.1, -0.05) is 57.9 Å². The first-order valence-electron chi connectivity index (χ1n) is 30.1. The number of ketones is 1. The number of Topliss-reactive ketones (excluding diaryl/α,β-unsaturated/α-hetero) is 1. The van der Waals surface area contributed by atoms with Crippen LogP contribution in [0.3, 0.4) is 0 Å². The van der Waals surface area contributed by atoms with Gasteiger partial charge >= 0.3 is 11.9 Å². The maximum absolute atomic E-state index is 16.7. The van der Waals surface area contributed by atoms with Crippen molar-refractivity contribution in [2.75, 3.05) is 26.4 Å². The van der Waals surface area contributed by atoms with Gasteiger partial charge in [-0.05, 0) is 166 Å². The van der Waals surface area contributed by atoms with Gasteiger partial charge in [0.25, 0.3) is 0 Å². The van der Waals surface area contributed by atoms with E-state index in [9.17, 15) is 20.1 Å². The van der Waals surface area contributed by atoms with Crippen molar-refractivity contribution in [2.45, 2.75) is 171 Å². The first-order valence-corrected chi connectivity index (χ1v) is 30.1. The highest BCUT2D eigenvalue weighted by Crippen LogP contribution is 2.90. The number of nitrogens with zero attached hydrogens (tertiary/aromatic N) is 1. The zero-order valence-electron chi connectivity index (χ0n) is 44.1. The molecule has 26 unspecified atom stereocenters. The number of hydrogen-bond acceptors (Lipinski definition) is 13. The predicted octanol–water partition coefficient (Wildman–Crippen LogP) is 7.14. The van der Waals surface area contributed by atoms with Gasteiger partial charge in [0.1, 0.15) is 35.8 Å². The van der Waals surface area contributed by atoms with Crippen LogP contribution in [0.4, 0.5) is 0 Å². The van der Waals surface area contributed by atoms with Gasteiger partial charge in [-0.2, -0.15) is 0 Å². The van der Waals surface area contributed by atoms with Crippen molar-refractivity contribution in [3.63, 3.8) is 0 Å². The first-order chi connectivity index (χ1) is 36.2. The lowest BCUT2D eigenvalue weighted by atomic mass is 9.32. The Morgan fingerprint density at radius 3 is 2.68 bits per heavy atom. The van der Waals surface area contributed by atoms with Gasteiger partial charge in [-0.3, -0.25) is 14.9 Å². The van der Waals surface area contributed by atoms with Gasteiger partial charge in [0.05, 0.1) is 48.5 Å². The van der Waals surface area contributed by atoms with Crippen molar-refractivity contribution >= 4 is 17.7 Å². The highest BCUT2D eigenvalue weighted by Gasteiger charge is 2.98. The van der Waals surface area contributed by atoms with E-state index in [0.29, 0.717) is 60.7 Å². The molecular weight excluding hydrogens is 949 g/mol. The number of hydrogen-bond donors (Lipinski definition) is 4. The third kappa shape index (κ3) is 4.94. The molecule has 0 radical (unpaired) electrons. The molecule has 8 heterocycles. The second kappa shape index (κ2) is 14.7. The summed E-state index contributed by atoms with van der Waals surface area (Å²) < 4.78 is 35.7. The number of esters is 2. The minimum atomic E-state index is -1.49. The zero-order valence-corrected chi connectivity index (χ0v) is 44.1. The van der Waals surface area contributed by atoms with Gasteiger partial charge in [-0.15, -0.1) is 0 Å². The van der Waals surface area contributed by atoms with E-state index in [1.54, 1.807) is 6.26 Å². The number of aliphatic hydroxyl groups is 3. The molecule has 1 aromatic heterocycles. The quantitative estimate of drug-likeness (QED) is 0.129. The molecule has 5 bridgehead atoms. The molecule has 75 heavy (non-hydrogen) atoms. The standard InChI is InChI=1S/C62H78N2O11/c1-31-38-9-4-7-32(38)12-18-57(31)16-6-17-60-45(57)23-37-22-36-8-5-15-58(36)26-35-25-55(2)51(40-14-20-71-44(40)24-41(43(66)28-65)33-10-11-39-34(21-33)13-19-64-30-63-27-42(39)64)73-54(70)52-62(55,74-52)56(3)47(35)59(48(60)46(67)50(56)68)29-72-53(69)49(58)61(37,59)75-60/h12-14,18-20,23,31-36,38-39,41-43,45,47-52,63,65-66,68H,4-11,15-17,21-22,24-30H2,1-3H3. The Labute approximate surface area is 440 Å². The third-order valence-electron chi connectivity index (χ3n) is 27.4. The molecule has 0 amide bonds. The number of carbonyl (C=O) groups is 3. The van der Waals surface area contributed by atoms with E-state index in [-0.39, 0.29) is 65.9 Å². The summed E-state index contributed by atoms with van der Waals surface area (Å²) in [6.07, 6.45) is 24.3. The largest absolute Gasteiger partial charge is 0.469 e. The SMILES string of the molecule is CC1C2CCCC2C=CC12CCCC13OC45C(=CC21)CC1CCCC12CC1CC6(C)C(c7ccoc7CC(C(O)CO)C7CCC8C(C=CN9CNCC89)C7)OC(=O)C7OC76C6(C)C(O)C(=O)C3C4(COC(=O)C25)C16. The molecule has 1 aromatic rings. The number of rotatable bonds is 6. The number of furan rings is 1. The summed E-state index contributed by atoms with van der Waals surface area (Å²) in [7, 11) is 0. The lowest BCUT2D eigenvalue weighted by Gasteiger charge is -2.70. The third-order valence-corrected chi connectivity index (χ3v) is 27.4. The molecule has 13 fully saturated rings. The Morgan fingerprint density at radius 2 is 1.81 bits per heavy atom. The van der Waals surface area contributed by atoms with Crippen LogP contribution in [0.25, 0.3) is 0 Å². The molecule has 6 spiro atoms. The molecule has 0 aromatic carbocycles. The van der Waals surface area contributed by atoms with E-state index in [4.69, 9.17) is 23.4 Å². The Bertz CT molecular complexity index is 2810. The second-order valence-corrected chi connectivity index (χ2v) is 28.9. The van der Waals surface area contributed by atoms with Crippen LogP contribution in [0, 0.1) is 104 Å². The highest BCUT2D eigenvalue weighted by atomic mass is 16.7. The van der Waals surface area contributed by atoms with Crippen LogP contribution in [0.15, 0.2) is 52.8 Å². The second-order valence-electron chi connectivity index (χ2n) is 28.9. The summed E-state index contributed by atoms with van der Waals surface area (Å²) in [5.41, 5.74) is -5.30. The number of carbonyl (C=O) groups excluding carboxylic acids is 3. The fourth-order valence-corrected chi connectivity index (χ4v) is 25.2. The van der Waals surface area contributed by atoms with Crippen LogP contribution in [-0.4, -0.2) is 106 Å². The summed E-state index contributed by atoms with van der Waals surface area (Å²) in [4.78, 5) is 49.5. The van der Waals surface area contributed by atoms with Crippen molar-refractivity contribution in [2.24, 2.45) is 104 Å². The Balaban J connectivity index is 0.811. The van der Waals surface area contributed by atoms with Crippen LogP contribution in [0.1, 0.15) is 135 Å². The first kappa shape index (κ1) is 46.6. The Hall–Kier alpha value is -3.33. The lowest BCUT2D eigenvalue weighted by molar-refractivity contribution is -0.281. The monoisotopic (exact) mass is 1030 g/mol. The van der Waals surface area contributed by atoms with Gasteiger partial charge in [0.15, 0.2) is 11.9 Å². The Morgan fingerprint density at radius 1 is 0.933 bits per heavy atom. The molecule has 7 aliphatic heterocycles. The molecule has 5 saturated heterocycles. The normalized spacial score (nSPS) is 57.0. The highest BCUT2D eigenvalue weighted by molar-refractivity contribution is 5.94. The molecule has 4 N–H and O–H groups in total. The van der Waals surface area contributed by atoms with E-state index in [1.807, 2.05) is 6.07 Å². The summed E-state index contributed by atoms with van der Waals surface area (Å²) in [6, 6.07) is 2.40. The molecule has 16 aliphatic rings. The number of nitrogens with one attached hydrogen (secondary N) is 1. The number of ether oxygens (including phenoxy) is 4. The van der Waals surface area contributed by atoms with E-state index >= 15 is 9.59 Å². The summed E-state index contributed by atoms with van der Waals surface area (Å²) >= 11 is 0. The van der Waals surface area contributed by atoms with Crippen LogP contribution >= 0.6 is 0 Å². The fourth-order valence-electron chi connectivity index (χ4n) is 25.2. The van der Waals surface area contributed by atoms with E-state index in [2.05, 4.69) is 61.5 Å². The van der Waals surface area contributed by atoms with Gasteiger partial charge in [0.2, 0.25) is 0 Å². The van der Waals surface area contributed by atoms with Gasteiger partial charge in [-0.25, -0.2) is 4.79 Å². The fraction of sp³-hybridized carbons (Fsp3) is 0.790. The molecule has 13 nitrogen and oxygen atoms in total. The van der Waals surface area contributed by atoms with E-state index in [1.165, 1.54) is 24.8 Å². The maximum Gasteiger partial charge on any atom is 0.339 e. The number of allylic oxidation sites excluding steroid dienone is 3. The van der Waals surface area contributed by atoms with Crippen molar-refractivity contribution in [3.05, 3.63) is 59.7 Å². The number of aliphatic hydroxyl groups excluding tert-OH is 3. The molecular formula is C62H78N2O11.